The molecule has 2 N–H and O–H groups in total. The van der Waals surface area contributed by atoms with E-state index in [1.165, 1.54) is 12.3 Å². The van der Waals surface area contributed by atoms with Crippen LogP contribution in [0.3, 0.4) is 0 Å². The molecule has 1 aromatic rings. The first-order chi connectivity index (χ1) is 8.27. The SMILES string of the molecule is O=C(NC[C@@H]1CCCOC1)c1ccc[nH]c1=O. The Kier molecular flexibility index (Phi) is 3.93. The van der Waals surface area contributed by atoms with Crippen LogP contribution in [0.25, 0.3) is 0 Å². The van der Waals surface area contributed by atoms with Gasteiger partial charge in [0.15, 0.2) is 0 Å². The van der Waals surface area contributed by atoms with Crippen LogP contribution in [0.5, 0.6) is 0 Å². The van der Waals surface area contributed by atoms with E-state index in [1.807, 2.05) is 0 Å². The van der Waals surface area contributed by atoms with Gasteiger partial charge in [-0.25, -0.2) is 0 Å². The Morgan fingerprint density at radius 2 is 2.47 bits per heavy atom. The van der Waals surface area contributed by atoms with Crippen LogP contribution in [0.1, 0.15) is 23.2 Å². The molecule has 1 aliphatic rings. The number of aromatic amines is 1. The van der Waals surface area contributed by atoms with Crippen LogP contribution in [-0.2, 0) is 4.74 Å². The van der Waals surface area contributed by atoms with Gasteiger partial charge in [0.05, 0.1) is 6.61 Å². The first-order valence-corrected chi connectivity index (χ1v) is 5.81. The van der Waals surface area contributed by atoms with Crippen LogP contribution in [0.15, 0.2) is 23.1 Å². The lowest BCUT2D eigenvalue weighted by atomic mass is 10.0. The van der Waals surface area contributed by atoms with Gasteiger partial charge < -0.3 is 15.0 Å². The molecule has 0 saturated carbocycles. The molecule has 5 nitrogen and oxygen atoms in total. The van der Waals surface area contributed by atoms with Crippen molar-refractivity contribution in [2.24, 2.45) is 5.92 Å². The maximum Gasteiger partial charge on any atom is 0.260 e. The molecule has 2 rings (SSSR count). The fourth-order valence-electron chi connectivity index (χ4n) is 1.90. The highest BCUT2D eigenvalue weighted by Gasteiger charge is 2.16. The van der Waals surface area contributed by atoms with Gasteiger partial charge in [-0.3, -0.25) is 9.59 Å². The third kappa shape index (κ3) is 3.17. The molecule has 0 aromatic carbocycles. The maximum absolute atomic E-state index is 11.7. The van der Waals surface area contributed by atoms with E-state index >= 15 is 0 Å². The topological polar surface area (TPSA) is 71.2 Å². The molecular weight excluding hydrogens is 220 g/mol. The molecule has 2 heterocycles. The van der Waals surface area contributed by atoms with Gasteiger partial charge in [0.2, 0.25) is 0 Å². The van der Waals surface area contributed by atoms with E-state index in [1.54, 1.807) is 6.07 Å². The Morgan fingerprint density at radius 3 is 3.18 bits per heavy atom. The summed E-state index contributed by atoms with van der Waals surface area (Å²) in [5.74, 6) is 0.0351. The van der Waals surface area contributed by atoms with Crippen molar-refractivity contribution in [1.29, 1.82) is 0 Å². The number of H-pyrrole nitrogens is 1. The summed E-state index contributed by atoms with van der Waals surface area (Å²) in [6.45, 7) is 2.06. The van der Waals surface area contributed by atoms with Gasteiger partial charge in [-0.2, -0.15) is 0 Å². The van der Waals surface area contributed by atoms with Crippen molar-refractivity contribution in [2.45, 2.75) is 12.8 Å². The summed E-state index contributed by atoms with van der Waals surface area (Å²) in [5.41, 5.74) is -0.200. The molecule has 1 amide bonds. The number of ether oxygens (including phenoxy) is 1. The predicted octanol–water partition coefficient (Wildman–Crippen LogP) is 0.531. The van der Waals surface area contributed by atoms with Gasteiger partial charge in [-0.05, 0) is 30.9 Å². The van der Waals surface area contributed by atoms with E-state index in [2.05, 4.69) is 10.3 Å². The Morgan fingerprint density at radius 1 is 1.59 bits per heavy atom. The number of pyridine rings is 1. The number of carbonyl (C=O) groups is 1. The van der Waals surface area contributed by atoms with Crippen LogP contribution in [-0.4, -0.2) is 30.6 Å². The quantitative estimate of drug-likeness (QED) is 0.804. The number of rotatable bonds is 3. The molecular formula is C12H16N2O3. The maximum atomic E-state index is 11.7. The van der Waals surface area contributed by atoms with Gasteiger partial charge in [0.1, 0.15) is 5.56 Å². The predicted molar refractivity (Wildman–Crippen MR) is 62.9 cm³/mol. The number of nitrogens with one attached hydrogen (secondary N) is 2. The second-order valence-corrected chi connectivity index (χ2v) is 4.21. The average Bonchev–Trinajstić information content (AvgIpc) is 2.38. The second kappa shape index (κ2) is 5.63. The van der Waals surface area contributed by atoms with E-state index in [9.17, 15) is 9.59 Å². The number of amides is 1. The van der Waals surface area contributed by atoms with Crippen molar-refractivity contribution >= 4 is 5.91 Å². The molecule has 0 radical (unpaired) electrons. The molecule has 0 spiro atoms. The number of hydrogen-bond acceptors (Lipinski definition) is 3. The van der Waals surface area contributed by atoms with Crippen LogP contribution < -0.4 is 10.9 Å². The minimum Gasteiger partial charge on any atom is -0.381 e. The third-order valence-corrected chi connectivity index (χ3v) is 2.87. The summed E-state index contributed by atoms with van der Waals surface area (Å²) >= 11 is 0. The zero-order valence-corrected chi connectivity index (χ0v) is 9.57. The zero-order chi connectivity index (χ0) is 12.1. The molecule has 1 saturated heterocycles. The van der Waals surface area contributed by atoms with E-state index in [0.717, 1.165) is 19.4 Å². The fraction of sp³-hybridized carbons (Fsp3) is 0.500. The third-order valence-electron chi connectivity index (χ3n) is 2.87. The Labute approximate surface area is 99.2 Å². The summed E-state index contributed by atoms with van der Waals surface area (Å²) in [7, 11) is 0. The lowest BCUT2D eigenvalue weighted by molar-refractivity contribution is 0.0536. The lowest BCUT2D eigenvalue weighted by Gasteiger charge is -2.22. The first kappa shape index (κ1) is 11.9. The van der Waals surface area contributed by atoms with E-state index < -0.39 is 0 Å². The largest absolute Gasteiger partial charge is 0.381 e. The molecule has 1 aromatic heterocycles. The van der Waals surface area contributed by atoms with Crippen molar-refractivity contribution in [3.63, 3.8) is 0 Å². The van der Waals surface area contributed by atoms with E-state index in [-0.39, 0.29) is 17.0 Å². The van der Waals surface area contributed by atoms with E-state index in [0.29, 0.717) is 19.1 Å². The average molecular weight is 236 g/mol. The van der Waals surface area contributed by atoms with Crippen LogP contribution in [0, 0.1) is 5.92 Å². The molecule has 1 fully saturated rings. The molecule has 0 unspecified atom stereocenters. The Balaban J connectivity index is 1.89. The Hall–Kier alpha value is -1.62. The number of aromatic nitrogens is 1. The summed E-state index contributed by atoms with van der Waals surface area (Å²) in [4.78, 5) is 25.6. The van der Waals surface area contributed by atoms with E-state index in [4.69, 9.17) is 4.74 Å². The molecule has 0 bridgehead atoms. The second-order valence-electron chi connectivity index (χ2n) is 4.21. The monoisotopic (exact) mass is 236 g/mol. The number of carbonyl (C=O) groups excluding carboxylic acids is 1. The summed E-state index contributed by atoms with van der Waals surface area (Å²) in [6, 6.07) is 3.16. The van der Waals surface area contributed by atoms with Crippen molar-refractivity contribution < 1.29 is 9.53 Å². The number of hydrogen-bond donors (Lipinski definition) is 2. The van der Waals surface area contributed by atoms with Crippen molar-refractivity contribution in [3.8, 4) is 0 Å². The first-order valence-electron chi connectivity index (χ1n) is 5.81. The smallest absolute Gasteiger partial charge is 0.260 e. The molecule has 17 heavy (non-hydrogen) atoms. The van der Waals surface area contributed by atoms with Gasteiger partial charge in [0.25, 0.3) is 11.5 Å². The highest BCUT2D eigenvalue weighted by molar-refractivity contribution is 5.93. The van der Waals surface area contributed by atoms with Crippen molar-refractivity contribution in [2.75, 3.05) is 19.8 Å². The van der Waals surface area contributed by atoms with Gasteiger partial charge >= 0.3 is 0 Å². The van der Waals surface area contributed by atoms with Crippen molar-refractivity contribution in [1.82, 2.24) is 10.3 Å². The highest BCUT2D eigenvalue weighted by Crippen LogP contribution is 2.12. The Bertz CT molecular complexity index is 435. The summed E-state index contributed by atoms with van der Waals surface area (Å²) < 4.78 is 5.32. The molecule has 1 aliphatic heterocycles. The van der Waals surface area contributed by atoms with Crippen LogP contribution >= 0.6 is 0 Å². The minimum absolute atomic E-state index is 0.157. The van der Waals surface area contributed by atoms with Gasteiger partial charge in [-0.1, -0.05) is 0 Å². The zero-order valence-electron chi connectivity index (χ0n) is 9.57. The molecule has 5 heteroatoms. The minimum atomic E-state index is -0.357. The fourth-order valence-corrected chi connectivity index (χ4v) is 1.90. The summed E-state index contributed by atoms with van der Waals surface area (Å²) in [6.07, 6.45) is 3.60. The van der Waals surface area contributed by atoms with Crippen LogP contribution in [0.4, 0.5) is 0 Å². The summed E-state index contributed by atoms with van der Waals surface area (Å²) in [5, 5.41) is 2.77. The molecule has 0 aliphatic carbocycles. The highest BCUT2D eigenvalue weighted by atomic mass is 16.5. The standard InChI is InChI=1S/C12H16N2O3/c15-11-10(4-1-5-13-11)12(16)14-7-9-3-2-6-17-8-9/h1,4-5,9H,2-3,6-8H2,(H,13,15)(H,14,16)/t9-/m0/s1. The lowest BCUT2D eigenvalue weighted by Crippen LogP contribution is -2.35. The normalized spacial score (nSPS) is 19.9. The molecule has 92 valence electrons. The van der Waals surface area contributed by atoms with Crippen LogP contribution in [0.2, 0.25) is 0 Å². The van der Waals surface area contributed by atoms with Gasteiger partial charge in [0, 0.05) is 19.3 Å². The molecule has 1 atom stereocenters. The van der Waals surface area contributed by atoms with Gasteiger partial charge in [-0.15, -0.1) is 0 Å². The van der Waals surface area contributed by atoms with Crippen molar-refractivity contribution in [3.05, 3.63) is 34.2 Å².